The molecule has 2 nitrogen and oxygen atoms in total. The van der Waals surface area contributed by atoms with Crippen molar-refractivity contribution in [2.45, 2.75) is 50.2 Å². The molecule has 17 heavy (non-hydrogen) atoms. The van der Waals surface area contributed by atoms with E-state index in [1.54, 1.807) is 5.56 Å². The number of piperidine rings is 1. The van der Waals surface area contributed by atoms with Crippen LogP contribution in [0.5, 0.6) is 0 Å². The van der Waals surface area contributed by atoms with Gasteiger partial charge < -0.3 is 10.2 Å². The second-order valence-corrected chi connectivity index (χ2v) is 5.84. The highest BCUT2D eigenvalue weighted by atomic mass is 15.2. The van der Waals surface area contributed by atoms with Crippen LogP contribution in [0.2, 0.25) is 0 Å². The van der Waals surface area contributed by atoms with E-state index in [1.165, 1.54) is 44.3 Å². The summed E-state index contributed by atoms with van der Waals surface area (Å²) in [4.78, 5) is 2.68. The Bertz CT molecular complexity index is 417. The Balaban J connectivity index is 1.60. The maximum Gasteiger partial charge on any atom is 0.0402 e. The molecular formula is C15H20N2. The third-order valence-electron chi connectivity index (χ3n) is 4.81. The fourth-order valence-electron chi connectivity index (χ4n) is 4.02. The van der Waals surface area contributed by atoms with Gasteiger partial charge in [-0.15, -0.1) is 0 Å². The summed E-state index contributed by atoms with van der Waals surface area (Å²) in [5, 5.41) is 3.74. The van der Waals surface area contributed by atoms with E-state index in [2.05, 4.69) is 34.5 Å². The summed E-state index contributed by atoms with van der Waals surface area (Å²) in [5.74, 6) is 0. The first-order valence-corrected chi connectivity index (χ1v) is 7.01. The van der Waals surface area contributed by atoms with Crippen LogP contribution in [0.25, 0.3) is 0 Å². The van der Waals surface area contributed by atoms with E-state index in [1.807, 2.05) is 0 Å². The Hall–Kier alpha value is -1.02. The van der Waals surface area contributed by atoms with Gasteiger partial charge in [0.2, 0.25) is 0 Å². The topological polar surface area (TPSA) is 15.3 Å². The molecule has 1 aromatic carbocycles. The molecule has 3 atom stereocenters. The van der Waals surface area contributed by atoms with Crippen molar-refractivity contribution in [2.75, 3.05) is 11.4 Å². The predicted octanol–water partition coefficient (Wildman–Crippen LogP) is 2.33. The molecule has 2 bridgehead atoms. The van der Waals surface area contributed by atoms with Gasteiger partial charge in [-0.3, -0.25) is 0 Å². The zero-order valence-corrected chi connectivity index (χ0v) is 10.2. The minimum absolute atomic E-state index is 0.789. The van der Waals surface area contributed by atoms with Crippen molar-refractivity contribution in [1.82, 2.24) is 5.32 Å². The quantitative estimate of drug-likeness (QED) is 0.793. The van der Waals surface area contributed by atoms with Crippen LogP contribution in [0.1, 0.15) is 31.2 Å². The highest BCUT2D eigenvalue weighted by Gasteiger charge is 2.37. The molecule has 1 unspecified atom stereocenters. The normalized spacial score (nSPS) is 35.1. The lowest BCUT2D eigenvalue weighted by Gasteiger charge is -2.37. The van der Waals surface area contributed by atoms with Crippen LogP contribution < -0.4 is 10.2 Å². The molecule has 0 radical (unpaired) electrons. The van der Waals surface area contributed by atoms with Gasteiger partial charge >= 0.3 is 0 Å². The van der Waals surface area contributed by atoms with Crippen LogP contribution in [0.4, 0.5) is 5.69 Å². The molecule has 2 fully saturated rings. The molecule has 0 aliphatic carbocycles. The van der Waals surface area contributed by atoms with Crippen molar-refractivity contribution in [3.05, 3.63) is 29.8 Å². The van der Waals surface area contributed by atoms with Gasteiger partial charge in [0.1, 0.15) is 0 Å². The lowest BCUT2D eigenvalue weighted by Crippen LogP contribution is -2.47. The third kappa shape index (κ3) is 1.58. The monoisotopic (exact) mass is 228 g/mol. The summed E-state index contributed by atoms with van der Waals surface area (Å²) < 4.78 is 0. The van der Waals surface area contributed by atoms with Crippen molar-refractivity contribution >= 4 is 5.69 Å². The lowest BCUT2D eigenvalue weighted by atomic mass is 9.98. The predicted molar refractivity (Wildman–Crippen MR) is 70.5 cm³/mol. The Morgan fingerprint density at radius 1 is 1.06 bits per heavy atom. The van der Waals surface area contributed by atoms with Crippen LogP contribution in [-0.4, -0.2) is 24.7 Å². The number of nitrogens with one attached hydrogen (secondary N) is 1. The number of para-hydroxylation sites is 1. The zero-order chi connectivity index (χ0) is 11.2. The number of benzene rings is 1. The van der Waals surface area contributed by atoms with Gasteiger partial charge in [0.05, 0.1) is 0 Å². The van der Waals surface area contributed by atoms with E-state index in [0.29, 0.717) is 0 Å². The fourth-order valence-corrected chi connectivity index (χ4v) is 4.02. The number of hydrogen-bond acceptors (Lipinski definition) is 2. The Morgan fingerprint density at radius 3 is 2.65 bits per heavy atom. The van der Waals surface area contributed by atoms with Crippen LogP contribution in [-0.2, 0) is 6.42 Å². The van der Waals surface area contributed by atoms with Crippen LogP contribution >= 0.6 is 0 Å². The van der Waals surface area contributed by atoms with Crippen molar-refractivity contribution < 1.29 is 0 Å². The zero-order valence-electron chi connectivity index (χ0n) is 10.2. The molecule has 0 amide bonds. The minimum atomic E-state index is 0.789. The van der Waals surface area contributed by atoms with Crippen molar-refractivity contribution in [2.24, 2.45) is 0 Å². The Kier molecular flexibility index (Phi) is 2.19. The van der Waals surface area contributed by atoms with Crippen LogP contribution in [0, 0.1) is 0 Å². The molecular weight excluding hydrogens is 208 g/mol. The number of nitrogens with zero attached hydrogens (tertiary/aromatic N) is 1. The molecule has 90 valence electrons. The molecule has 0 spiro atoms. The van der Waals surface area contributed by atoms with E-state index >= 15 is 0 Å². The standard InChI is InChI=1S/C15H20N2/c1-2-4-15-11(3-1)7-8-17(15)14-9-12-5-6-13(10-14)16-12/h1-4,12-14,16H,5-10H2/t12-,13+,14?. The van der Waals surface area contributed by atoms with Crippen LogP contribution in [0.3, 0.4) is 0 Å². The van der Waals surface area contributed by atoms with Crippen LogP contribution in [0.15, 0.2) is 24.3 Å². The molecule has 1 N–H and O–H groups in total. The Morgan fingerprint density at radius 2 is 1.82 bits per heavy atom. The highest BCUT2D eigenvalue weighted by molar-refractivity contribution is 5.58. The largest absolute Gasteiger partial charge is 0.368 e. The minimum Gasteiger partial charge on any atom is -0.368 e. The second kappa shape index (κ2) is 3.74. The summed E-state index contributed by atoms with van der Waals surface area (Å²) in [6.07, 6.45) is 6.75. The molecule has 3 aliphatic heterocycles. The van der Waals surface area contributed by atoms with E-state index in [9.17, 15) is 0 Å². The van der Waals surface area contributed by atoms with Gasteiger partial charge in [-0.05, 0) is 43.7 Å². The van der Waals surface area contributed by atoms with E-state index in [0.717, 1.165) is 18.1 Å². The molecule has 0 saturated carbocycles. The SMILES string of the molecule is c1ccc2c(c1)CCN2C1C[C@H]2CC[C@@H](C1)N2. The molecule has 0 aromatic heterocycles. The summed E-state index contributed by atoms with van der Waals surface area (Å²) in [6, 6.07) is 11.4. The van der Waals surface area contributed by atoms with Gasteiger partial charge in [-0.25, -0.2) is 0 Å². The maximum atomic E-state index is 3.74. The molecule has 1 aromatic rings. The van der Waals surface area contributed by atoms with Crippen molar-refractivity contribution in [1.29, 1.82) is 0 Å². The van der Waals surface area contributed by atoms with Gasteiger partial charge in [0, 0.05) is 30.4 Å². The average Bonchev–Trinajstić information content (AvgIpc) is 2.93. The summed E-state index contributed by atoms with van der Waals surface area (Å²) in [6.45, 7) is 1.24. The summed E-state index contributed by atoms with van der Waals surface area (Å²) >= 11 is 0. The fraction of sp³-hybridized carbons (Fsp3) is 0.600. The smallest absolute Gasteiger partial charge is 0.0402 e. The van der Waals surface area contributed by atoms with Gasteiger partial charge in [-0.2, -0.15) is 0 Å². The molecule has 2 heteroatoms. The average molecular weight is 228 g/mol. The summed E-state index contributed by atoms with van der Waals surface area (Å²) in [7, 11) is 0. The van der Waals surface area contributed by atoms with E-state index < -0.39 is 0 Å². The molecule has 2 saturated heterocycles. The maximum absolute atomic E-state index is 3.74. The first-order chi connectivity index (χ1) is 8.40. The number of hydrogen-bond donors (Lipinski definition) is 1. The molecule has 3 aliphatic rings. The second-order valence-electron chi connectivity index (χ2n) is 5.84. The van der Waals surface area contributed by atoms with Gasteiger partial charge in [0.15, 0.2) is 0 Å². The lowest BCUT2D eigenvalue weighted by molar-refractivity contribution is 0.350. The first kappa shape index (κ1) is 9.95. The van der Waals surface area contributed by atoms with Crippen molar-refractivity contribution in [3.63, 3.8) is 0 Å². The number of fused-ring (bicyclic) bond motifs is 3. The van der Waals surface area contributed by atoms with E-state index in [-0.39, 0.29) is 0 Å². The number of anilines is 1. The summed E-state index contributed by atoms with van der Waals surface area (Å²) in [5.41, 5.74) is 3.07. The van der Waals surface area contributed by atoms with E-state index in [4.69, 9.17) is 0 Å². The molecule has 4 rings (SSSR count). The first-order valence-electron chi connectivity index (χ1n) is 7.01. The third-order valence-corrected chi connectivity index (χ3v) is 4.81. The van der Waals surface area contributed by atoms with Gasteiger partial charge in [0.25, 0.3) is 0 Å². The molecule has 3 heterocycles. The number of rotatable bonds is 1. The van der Waals surface area contributed by atoms with Crippen molar-refractivity contribution in [3.8, 4) is 0 Å². The Labute approximate surface area is 103 Å². The highest BCUT2D eigenvalue weighted by Crippen LogP contribution is 2.36. The van der Waals surface area contributed by atoms with Gasteiger partial charge in [-0.1, -0.05) is 18.2 Å².